The predicted molar refractivity (Wildman–Crippen MR) is 116 cm³/mol. The lowest BCUT2D eigenvalue weighted by Crippen LogP contribution is -2.45. The first-order valence-electron chi connectivity index (χ1n) is 10.2. The Hall–Kier alpha value is -3.00. The molecule has 30 heavy (non-hydrogen) atoms. The Labute approximate surface area is 177 Å². The number of carbonyl (C=O) groups is 2. The zero-order valence-electron chi connectivity index (χ0n) is 18.1. The highest BCUT2D eigenvalue weighted by Crippen LogP contribution is 2.36. The van der Waals surface area contributed by atoms with Gasteiger partial charge in [0.05, 0.1) is 6.61 Å². The molecule has 0 radical (unpaired) electrons. The van der Waals surface area contributed by atoms with Crippen LogP contribution in [0, 0.1) is 6.92 Å². The Morgan fingerprint density at radius 3 is 2.33 bits per heavy atom. The molecule has 1 fully saturated rings. The molecule has 1 saturated heterocycles. The molecule has 0 spiro atoms. The topological polar surface area (TPSA) is 76.0 Å². The average Bonchev–Trinajstić information content (AvgIpc) is 2.98. The van der Waals surface area contributed by atoms with Gasteiger partial charge in [-0.25, -0.2) is 9.59 Å². The van der Waals surface area contributed by atoms with E-state index >= 15 is 0 Å². The van der Waals surface area contributed by atoms with Gasteiger partial charge in [0, 0.05) is 38.9 Å². The highest BCUT2D eigenvalue weighted by Gasteiger charge is 2.30. The molecule has 0 atom stereocenters. The van der Waals surface area contributed by atoms with Crippen molar-refractivity contribution in [1.29, 1.82) is 0 Å². The van der Waals surface area contributed by atoms with Gasteiger partial charge in [0.15, 0.2) is 0 Å². The number of esters is 1. The first-order valence-corrected chi connectivity index (χ1v) is 10.2. The number of rotatable bonds is 6. The molecule has 1 aromatic heterocycles. The molecule has 0 saturated carbocycles. The number of piperazine rings is 1. The molecule has 162 valence electrons. The summed E-state index contributed by atoms with van der Waals surface area (Å²) in [4.78, 5) is 29.7. The van der Waals surface area contributed by atoms with Crippen LogP contribution in [0.4, 0.5) is 16.3 Å². The number of likely N-dealkylation sites (N-methyl/N-ethyl adjacent to an activating group) is 1. The summed E-state index contributed by atoms with van der Waals surface area (Å²) < 4.78 is 12.6. The molecule has 1 amide bonds. The number of hydrogen-bond donors (Lipinski definition) is 1. The minimum atomic E-state index is -0.606. The molecular formula is C22H30N4O4. The third kappa shape index (κ3) is 4.76. The summed E-state index contributed by atoms with van der Waals surface area (Å²) in [5.41, 5.74) is 2.43. The zero-order chi connectivity index (χ0) is 21.7. The van der Waals surface area contributed by atoms with E-state index in [9.17, 15) is 9.59 Å². The second-order valence-corrected chi connectivity index (χ2v) is 7.42. The van der Waals surface area contributed by atoms with Crippen molar-refractivity contribution in [3.05, 3.63) is 47.2 Å². The third-order valence-corrected chi connectivity index (χ3v) is 5.38. The summed E-state index contributed by atoms with van der Waals surface area (Å²) in [5, 5.41) is 2.82. The van der Waals surface area contributed by atoms with Gasteiger partial charge in [-0.05, 0) is 26.5 Å². The smallest absolute Gasteiger partial charge is 0.412 e. The number of anilines is 2. The van der Waals surface area contributed by atoms with Gasteiger partial charge in [-0.3, -0.25) is 5.32 Å². The summed E-state index contributed by atoms with van der Waals surface area (Å²) in [6.07, 6.45) is -0.606. The number of nitrogens with one attached hydrogen (secondary N) is 1. The number of ether oxygens (including phenoxy) is 2. The van der Waals surface area contributed by atoms with Crippen molar-refractivity contribution < 1.29 is 19.1 Å². The molecule has 8 heteroatoms. The fourth-order valence-electron chi connectivity index (χ4n) is 3.61. The van der Waals surface area contributed by atoms with Crippen LogP contribution in [0.5, 0.6) is 0 Å². The molecule has 0 unspecified atom stereocenters. The van der Waals surface area contributed by atoms with Crippen LogP contribution in [-0.2, 0) is 23.1 Å². The second-order valence-electron chi connectivity index (χ2n) is 7.42. The van der Waals surface area contributed by atoms with Crippen LogP contribution in [0.25, 0.3) is 0 Å². The highest BCUT2D eigenvalue weighted by molar-refractivity contribution is 6.05. The summed E-state index contributed by atoms with van der Waals surface area (Å²) in [6, 6.07) is 9.46. The number of amides is 1. The molecule has 8 nitrogen and oxygen atoms in total. The maximum atomic E-state index is 12.7. The SMILES string of the molecule is CCOC(=O)c1c(NC(=O)OCc2ccccc2)c(N2CCN(C)CC2)n(C)c1C. The lowest BCUT2D eigenvalue weighted by atomic mass is 10.2. The van der Waals surface area contributed by atoms with Crippen molar-refractivity contribution in [2.24, 2.45) is 7.05 Å². The van der Waals surface area contributed by atoms with E-state index in [2.05, 4.69) is 22.2 Å². The Bertz CT molecular complexity index is 886. The minimum Gasteiger partial charge on any atom is -0.462 e. The van der Waals surface area contributed by atoms with Gasteiger partial charge < -0.3 is 23.8 Å². The van der Waals surface area contributed by atoms with Crippen LogP contribution in [0.2, 0.25) is 0 Å². The fraction of sp³-hybridized carbons (Fsp3) is 0.455. The molecule has 0 bridgehead atoms. The van der Waals surface area contributed by atoms with Gasteiger partial charge in [0.1, 0.15) is 23.7 Å². The molecule has 1 aromatic carbocycles. The summed E-state index contributed by atoms with van der Waals surface area (Å²) >= 11 is 0. The average molecular weight is 415 g/mol. The Kier molecular flexibility index (Phi) is 6.99. The van der Waals surface area contributed by atoms with E-state index in [0.29, 0.717) is 11.3 Å². The normalized spacial score (nSPS) is 14.5. The monoisotopic (exact) mass is 414 g/mol. The minimum absolute atomic E-state index is 0.150. The lowest BCUT2D eigenvalue weighted by molar-refractivity contribution is 0.0526. The first kappa shape index (κ1) is 21.7. The molecular weight excluding hydrogens is 384 g/mol. The Balaban J connectivity index is 1.88. The maximum Gasteiger partial charge on any atom is 0.412 e. The van der Waals surface area contributed by atoms with E-state index in [1.54, 1.807) is 6.92 Å². The standard InChI is InChI=1S/C22H30N4O4/c1-5-29-21(27)18-16(2)25(4)20(26-13-11-24(3)12-14-26)19(18)23-22(28)30-15-17-9-7-6-8-10-17/h6-10H,5,11-15H2,1-4H3,(H,23,28). The predicted octanol–water partition coefficient (Wildman–Crippen LogP) is 3.01. The molecule has 1 aliphatic rings. The van der Waals surface area contributed by atoms with Crippen molar-refractivity contribution in [1.82, 2.24) is 9.47 Å². The molecule has 2 aromatic rings. The number of hydrogen-bond acceptors (Lipinski definition) is 6. The zero-order valence-corrected chi connectivity index (χ0v) is 18.1. The number of aromatic nitrogens is 1. The second kappa shape index (κ2) is 9.67. The van der Waals surface area contributed by atoms with Gasteiger partial charge in [0.2, 0.25) is 0 Å². The van der Waals surface area contributed by atoms with Crippen LogP contribution in [0.3, 0.4) is 0 Å². The van der Waals surface area contributed by atoms with Gasteiger partial charge in [-0.1, -0.05) is 30.3 Å². The third-order valence-electron chi connectivity index (χ3n) is 5.38. The van der Waals surface area contributed by atoms with Gasteiger partial charge >= 0.3 is 12.1 Å². The summed E-state index contributed by atoms with van der Waals surface area (Å²) in [7, 11) is 3.98. The van der Waals surface area contributed by atoms with Crippen molar-refractivity contribution in [2.75, 3.05) is 50.1 Å². The Morgan fingerprint density at radius 2 is 1.70 bits per heavy atom. The van der Waals surface area contributed by atoms with Crippen molar-refractivity contribution in [3.8, 4) is 0 Å². The van der Waals surface area contributed by atoms with E-state index in [0.717, 1.165) is 43.3 Å². The van der Waals surface area contributed by atoms with E-state index in [1.165, 1.54) is 0 Å². The van der Waals surface area contributed by atoms with Crippen molar-refractivity contribution >= 4 is 23.6 Å². The van der Waals surface area contributed by atoms with Gasteiger partial charge in [-0.15, -0.1) is 0 Å². The van der Waals surface area contributed by atoms with Crippen LogP contribution in [0.15, 0.2) is 30.3 Å². The van der Waals surface area contributed by atoms with E-state index in [-0.39, 0.29) is 13.2 Å². The quantitative estimate of drug-likeness (QED) is 0.733. The highest BCUT2D eigenvalue weighted by atomic mass is 16.5. The largest absolute Gasteiger partial charge is 0.462 e. The number of carbonyl (C=O) groups excluding carboxylic acids is 2. The van der Waals surface area contributed by atoms with Crippen LogP contribution < -0.4 is 10.2 Å². The number of benzene rings is 1. The fourth-order valence-corrected chi connectivity index (χ4v) is 3.61. The van der Waals surface area contributed by atoms with Gasteiger partial charge in [0.25, 0.3) is 0 Å². The van der Waals surface area contributed by atoms with Crippen molar-refractivity contribution in [2.45, 2.75) is 20.5 Å². The summed E-state index contributed by atoms with van der Waals surface area (Å²) in [5.74, 6) is 0.338. The van der Waals surface area contributed by atoms with Crippen molar-refractivity contribution in [3.63, 3.8) is 0 Å². The molecule has 1 aliphatic heterocycles. The summed E-state index contributed by atoms with van der Waals surface area (Å²) in [6.45, 7) is 7.42. The molecule has 3 rings (SSSR count). The van der Waals surface area contributed by atoms with E-state index < -0.39 is 12.1 Å². The molecule has 1 N–H and O–H groups in total. The van der Waals surface area contributed by atoms with E-state index in [4.69, 9.17) is 9.47 Å². The van der Waals surface area contributed by atoms with Gasteiger partial charge in [-0.2, -0.15) is 0 Å². The maximum absolute atomic E-state index is 12.7. The Morgan fingerprint density at radius 1 is 1.03 bits per heavy atom. The molecule has 0 aliphatic carbocycles. The molecule has 2 heterocycles. The number of nitrogens with zero attached hydrogens (tertiary/aromatic N) is 3. The van der Waals surface area contributed by atoms with Crippen LogP contribution in [-0.4, -0.2) is 61.4 Å². The lowest BCUT2D eigenvalue weighted by Gasteiger charge is -2.34. The van der Waals surface area contributed by atoms with Crippen LogP contribution >= 0.6 is 0 Å². The van der Waals surface area contributed by atoms with E-state index in [1.807, 2.05) is 48.9 Å². The van der Waals surface area contributed by atoms with Crippen LogP contribution in [0.1, 0.15) is 28.5 Å². The first-order chi connectivity index (χ1) is 14.4.